The largest absolute Gasteiger partial charge is 0.355 e. The molecule has 1 aromatic heterocycles. The maximum atomic E-state index is 11.7. The molecular weight excluding hydrogens is 270 g/mol. The molecule has 0 aliphatic rings. The number of anilines is 1. The van der Waals surface area contributed by atoms with Crippen LogP contribution in [-0.2, 0) is 4.79 Å². The third kappa shape index (κ3) is 3.57. The van der Waals surface area contributed by atoms with Crippen molar-refractivity contribution in [1.82, 2.24) is 10.3 Å². The average molecular weight is 289 g/mol. The molecule has 0 bridgehead atoms. The molecule has 0 unspecified atom stereocenters. The Morgan fingerprint density at radius 3 is 2.70 bits per heavy atom. The number of nitrogens with zero attached hydrogens (tertiary/aromatic N) is 2. The van der Waals surface area contributed by atoms with Crippen LogP contribution in [0.25, 0.3) is 11.3 Å². The Bertz CT molecular complexity index is 553. The number of hydrogen-bond acceptors (Lipinski definition) is 4. The molecule has 0 atom stereocenters. The number of thiazole rings is 1. The van der Waals surface area contributed by atoms with Gasteiger partial charge < -0.3 is 10.2 Å². The lowest BCUT2D eigenvalue weighted by Gasteiger charge is -2.18. The maximum Gasteiger partial charge on any atom is 0.239 e. The van der Waals surface area contributed by atoms with E-state index in [4.69, 9.17) is 0 Å². The Balaban J connectivity index is 2.12. The Labute approximate surface area is 123 Å². The number of rotatable bonds is 6. The van der Waals surface area contributed by atoms with Crippen molar-refractivity contribution in [3.05, 3.63) is 35.7 Å². The smallest absolute Gasteiger partial charge is 0.239 e. The monoisotopic (exact) mass is 289 g/mol. The van der Waals surface area contributed by atoms with Crippen LogP contribution in [0.2, 0.25) is 0 Å². The van der Waals surface area contributed by atoms with E-state index in [2.05, 4.69) is 10.3 Å². The number of aromatic nitrogens is 1. The molecule has 1 aromatic carbocycles. The summed E-state index contributed by atoms with van der Waals surface area (Å²) in [6, 6.07) is 10.1. The second kappa shape index (κ2) is 7.05. The van der Waals surface area contributed by atoms with Crippen LogP contribution in [-0.4, -0.2) is 30.5 Å². The van der Waals surface area contributed by atoms with Gasteiger partial charge in [0.2, 0.25) is 5.91 Å². The molecule has 0 aliphatic carbocycles. The molecule has 2 aromatic rings. The molecule has 2 rings (SSSR count). The summed E-state index contributed by atoms with van der Waals surface area (Å²) in [5, 5.41) is 5.73. The first kappa shape index (κ1) is 14.5. The minimum atomic E-state index is 0.0332. The van der Waals surface area contributed by atoms with Crippen LogP contribution in [0.4, 0.5) is 5.13 Å². The molecule has 4 nitrogen and oxygen atoms in total. The molecule has 0 spiro atoms. The van der Waals surface area contributed by atoms with Gasteiger partial charge >= 0.3 is 0 Å². The molecule has 5 heteroatoms. The Morgan fingerprint density at radius 2 is 2.05 bits per heavy atom. The van der Waals surface area contributed by atoms with Crippen molar-refractivity contribution in [2.75, 3.05) is 24.5 Å². The lowest BCUT2D eigenvalue weighted by atomic mass is 10.2. The maximum absolute atomic E-state index is 11.7. The van der Waals surface area contributed by atoms with Gasteiger partial charge in [0.1, 0.15) is 0 Å². The van der Waals surface area contributed by atoms with Crippen LogP contribution in [0.3, 0.4) is 0 Å². The first-order valence-corrected chi connectivity index (χ1v) is 7.65. The van der Waals surface area contributed by atoms with E-state index < -0.39 is 0 Å². The molecule has 106 valence electrons. The van der Waals surface area contributed by atoms with E-state index in [0.717, 1.165) is 22.9 Å². The van der Waals surface area contributed by atoms with Crippen LogP contribution in [0.15, 0.2) is 35.7 Å². The summed E-state index contributed by atoms with van der Waals surface area (Å²) in [6.45, 7) is 5.72. The first-order chi connectivity index (χ1) is 9.74. The third-order valence-corrected chi connectivity index (χ3v) is 3.82. The van der Waals surface area contributed by atoms with Gasteiger partial charge in [0.25, 0.3) is 0 Å². The van der Waals surface area contributed by atoms with Gasteiger partial charge in [-0.1, -0.05) is 30.3 Å². The van der Waals surface area contributed by atoms with Crippen molar-refractivity contribution in [3.63, 3.8) is 0 Å². The van der Waals surface area contributed by atoms with Gasteiger partial charge in [-0.15, -0.1) is 11.3 Å². The van der Waals surface area contributed by atoms with Crippen molar-refractivity contribution in [2.45, 2.75) is 13.8 Å². The van der Waals surface area contributed by atoms with Gasteiger partial charge in [0.05, 0.1) is 12.2 Å². The van der Waals surface area contributed by atoms with Gasteiger partial charge in [-0.3, -0.25) is 4.79 Å². The van der Waals surface area contributed by atoms with Crippen LogP contribution in [0.5, 0.6) is 0 Å². The molecule has 0 saturated carbocycles. The highest BCUT2D eigenvalue weighted by molar-refractivity contribution is 7.14. The van der Waals surface area contributed by atoms with E-state index in [0.29, 0.717) is 13.1 Å². The predicted molar refractivity (Wildman–Crippen MR) is 84.1 cm³/mol. The fraction of sp³-hybridized carbons (Fsp3) is 0.333. The second-order valence-electron chi connectivity index (χ2n) is 4.35. The van der Waals surface area contributed by atoms with Crippen molar-refractivity contribution in [3.8, 4) is 11.3 Å². The van der Waals surface area contributed by atoms with Gasteiger partial charge in [-0.05, 0) is 13.8 Å². The summed E-state index contributed by atoms with van der Waals surface area (Å²) in [5.41, 5.74) is 2.06. The fourth-order valence-electron chi connectivity index (χ4n) is 1.89. The Morgan fingerprint density at radius 1 is 1.30 bits per heavy atom. The lowest BCUT2D eigenvalue weighted by Crippen LogP contribution is -2.37. The normalized spacial score (nSPS) is 10.3. The highest BCUT2D eigenvalue weighted by Gasteiger charge is 2.13. The summed E-state index contributed by atoms with van der Waals surface area (Å²) in [4.78, 5) is 18.3. The molecule has 0 fully saturated rings. The number of carbonyl (C=O) groups excluding carboxylic acids is 1. The van der Waals surface area contributed by atoms with Crippen LogP contribution < -0.4 is 10.2 Å². The van der Waals surface area contributed by atoms with Crippen LogP contribution in [0.1, 0.15) is 13.8 Å². The molecular formula is C15H19N3OS. The quantitative estimate of drug-likeness (QED) is 0.889. The van der Waals surface area contributed by atoms with Crippen LogP contribution in [0, 0.1) is 0 Å². The molecule has 1 N–H and O–H groups in total. The van der Waals surface area contributed by atoms with Gasteiger partial charge in [0.15, 0.2) is 5.13 Å². The number of likely N-dealkylation sites (N-methyl/N-ethyl adjacent to an activating group) is 2. The Kier molecular flexibility index (Phi) is 5.12. The number of amides is 1. The first-order valence-electron chi connectivity index (χ1n) is 6.77. The topological polar surface area (TPSA) is 45.2 Å². The van der Waals surface area contributed by atoms with Gasteiger partial charge in [-0.25, -0.2) is 4.98 Å². The van der Waals surface area contributed by atoms with E-state index >= 15 is 0 Å². The minimum absolute atomic E-state index is 0.0332. The Hall–Kier alpha value is -1.88. The summed E-state index contributed by atoms with van der Waals surface area (Å²) in [7, 11) is 0. The van der Waals surface area contributed by atoms with E-state index in [1.54, 1.807) is 11.3 Å². The van der Waals surface area contributed by atoms with Gasteiger partial charge in [-0.2, -0.15) is 0 Å². The summed E-state index contributed by atoms with van der Waals surface area (Å²) in [5.74, 6) is 0.0332. The van der Waals surface area contributed by atoms with E-state index in [-0.39, 0.29) is 5.91 Å². The number of hydrogen-bond donors (Lipinski definition) is 1. The molecule has 0 aliphatic heterocycles. The average Bonchev–Trinajstić information content (AvgIpc) is 2.95. The van der Waals surface area contributed by atoms with E-state index in [1.165, 1.54) is 0 Å². The van der Waals surface area contributed by atoms with Crippen LogP contribution >= 0.6 is 11.3 Å². The summed E-state index contributed by atoms with van der Waals surface area (Å²) in [6.07, 6.45) is 0. The van der Waals surface area contributed by atoms with Crippen molar-refractivity contribution in [1.29, 1.82) is 0 Å². The number of carbonyl (C=O) groups is 1. The standard InChI is InChI=1S/C15H19N3OS/c1-3-16-14(19)10-18(4-2)15-17-13(11-20-15)12-8-6-5-7-9-12/h5-9,11H,3-4,10H2,1-2H3,(H,16,19). The van der Waals surface area contributed by atoms with E-state index in [1.807, 2.05) is 54.5 Å². The van der Waals surface area contributed by atoms with E-state index in [9.17, 15) is 4.79 Å². The van der Waals surface area contributed by atoms with Crippen molar-refractivity contribution >= 4 is 22.4 Å². The van der Waals surface area contributed by atoms with Gasteiger partial charge in [0, 0.05) is 24.0 Å². The molecule has 1 amide bonds. The predicted octanol–water partition coefficient (Wildman–Crippen LogP) is 2.77. The zero-order chi connectivity index (χ0) is 14.4. The molecule has 0 radical (unpaired) electrons. The third-order valence-electron chi connectivity index (χ3n) is 2.92. The number of nitrogens with one attached hydrogen (secondary N) is 1. The zero-order valence-corrected chi connectivity index (χ0v) is 12.6. The molecule has 0 saturated heterocycles. The summed E-state index contributed by atoms with van der Waals surface area (Å²) >= 11 is 1.57. The van der Waals surface area contributed by atoms with Crippen molar-refractivity contribution in [2.24, 2.45) is 0 Å². The zero-order valence-electron chi connectivity index (χ0n) is 11.8. The molecule has 20 heavy (non-hydrogen) atoms. The highest BCUT2D eigenvalue weighted by Crippen LogP contribution is 2.27. The molecule has 1 heterocycles. The SMILES string of the molecule is CCNC(=O)CN(CC)c1nc(-c2ccccc2)cs1. The summed E-state index contributed by atoms with van der Waals surface area (Å²) < 4.78 is 0. The number of benzene rings is 1. The van der Waals surface area contributed by atoms with Crippen molar-refractivity contribution < 1.29 is 4.79 Å². The highest BCUT2D eigenvalue weighted by atomic mass is 32.1. The lowest BCUT2D eigenvalue weighted by molar-refractivity contribution is -0.119. The second-order valence-corrected chi connectivity index (χ2v) is 5.19. The fourth-order valence-corrected chi connectivity index (χ4v) is 2.79. The minimum Gasteiger partial charge on any atom is -0.355 e.